The van der Waals surface area contributed by atoms with Gasteiger partial charge in [-0.15, -0.1) is 0 Å². The lowest BCUT2D eigenvalue weighted by Gasteiger charge is -2.12. The van der Waals surface area contributed by atoms with Crippen LogP contribution in [-0.4, -0.2) is 0 Å². The van der Waals surface area contributed by atoms with Crippen molar-refractivity contribution in [2.24, 2.45) is 5.92 Å². The molecule has 1 unspecified atom stereocenters. The highest BCUT2D eigenvalue weighted by atomic mass is 14.1. The first-order valence-corrected chi connectivity index (χ1v) is 8.34. The van der Waals surface area contributed by atoms with Gasteiger partial charge in [-0.25, -0.2) is 0 Å². The van der Waals surface area contributed by atoms with Crippen LogP contribution in [0.15, 0.2) is 66.8 Å². The van der Waals surface area contributed by atoms with Gasteiger partial charge in [-0.3, -0.25) is 0 Å². The lowest BCUT2D eigenvalue weighted by atomic mass is 9.93. The number of rotatable bonds is 4. The molecule has 1 aliphatic rings. The molecular formula is C22H24. The van der Waals surface area contributed by atoms with Crippen LogP contribution in [0.4, 0.5) is 0 Å². The summed E-state index contributed by atoms with van der Waals surface area (Å²) in [6.07, 6.45) is 10.4. The fourth-order valence-corrected chi connectivity index (χ4v) is 2.95. The highest BCUT2D eigenvalue weighted by Gasteiger charge is 2.06. The van der Waals surface area contributed by atoms with Crippen molar-refractivity contribution in [1.82, 2.24) is 0 Å². The van der Waals surface area contributed by atoms with Crippen molar-refractivity contribution in [1.29, 1.82) is 0 Å². The van der Waals surface area contributed by atoms with E-state index in [0.717, 1.165) is 12.8 Å². The van der Waals surface area contributed by atoms with E-state index in [1.807, 2.05) is 0 Å². The highest BCUT2D eigenvalue weighted by Crippen LogP contribution is 2.27. The Bertz CT molecular complexity index is 669. The molecule has 1 aliphatic carbocycles. The molecule has 3 rings (SSSR count). The Labute approximate surface area is 134 Å². The molecule has 0 heteroatoms. The molecule has 0 heterocycles. The molecule has 0 bridgehead atoms. The summed E-state index contributed by atoms with van der Waals surface area (Å²) in [5, 5.41) is 0. The molecule has 0 aromatic heterocycles. The van der Waals surface area contributed by atoms with Crippen molar-refractivity contribution >= 4 is 5.57 Å². The average molecular weight is 288 g/mol. The number of hydrogen-bond acceptors (Lipinski definition) is 0. The number of hydrogen-bond donors (Lipinski definition) is 0. The average Bonchev–Trinajstić information content (AvgIpc) is 2.57. The van der Waals surface area contributed by atoms with Crippen LogP contribution in [0.25, 0.3) is 16.7 Å². The van der Waals surface area contributed by atoms with Crippen molar-refractivity contribution in [3.8, 4) is 11.1 Å². The van der Waals surface area contributed by atoms with Gasteiger partial charge in [0.25, 0.3) is 0 Å². The summed E-state index contributed by atoms with van der Waals surface area (Å²) in [7, 11) is 0. The van der Waals surface area contributed by atoms with Crippen molar-refractivity contribution in [2.75, 3.05) is 0 Å². The summed E-state index contributed by atoms with van der Waals surface area (Å²) < 4.78 is 0. The zero-order valence-corrected chi connectivity index (χ0v) is 13.5. The molecule has 0 aliphatic heterocycles. The summed E-state index contributed by atoms with van der Waals surface area (Å²) in [4.78, 5) is 0. The normalized spacial score (nSPS) is 17.4. The quantitative estimate of drug-likeness (QED) is 0.620. The summed E-state index contributed by atoms with van der Waals surface area (Å²) >= 11 is 0. The minimum absolute atomic E-state index is 0.671. The van der Waals surface area contributed by atoms with Gasteiger partial charge in [-0.1, -0.05) is 87.0 Å². The van der Waals surface area contributed by atoms with Crippen LogP contribution < -0.4 is 0 Å². The first-order valence-electron chi connectivity index (χ1n) is 8.34. The van der Waals surface area contributed by atoms with E-state index in [1.54, 1.807) is 0 Å². The van der Waals surface area contributed by atoms with Gasteiger partial charge < -0.3 is 0 Å². The minimum atomic E-state index is 0.671. The summed E-state index contributed by atoms with van der Waals surface area (Å²) in [5.74, 6) is 0.671. The molecule has 0 fully saturated rings. The van der Waals surface area contributed by atoms with Gasteiger partial charge in [-0.2, -0.15) is 0 Å². The van der Waals surface area contributed by atoms with Gasteiger partial charge in [-0.05, 0) is 46.6 Å². The minimum Gasteiger partial charge on any atom is -0.0808 e. The molecule has 22 heavy (non-hydrogen) atoms. The van der Waals surface area contributed by atoms with E-state index < -0.39 is 0 Å². The molecule has 2 aromatic carbocycles. The number of aryl methyl sites for hydroxylation is 1. The molecule has 0 saturated carbocycles. The predicted molar refractivity (Wildman–Crippen MR) is 96.8 cm³/mol. The zero-order chi connectivity index (χ0) is 15.4. The monoisotopic (exact) mass is 288 g/mol. The lowest BCUT2D eigenvalue weighted by molar-refractivity contribution is 0.739. The summed E-state index contributed by atoms with van der Waals surface area (Å²) in [5.41, 5.74) is 6.68. The van der Waals surface area contributed by atoms with E-state index in [9.17, 15) is 0 Å². The van der Waals surface area contributed by atoms with Gasteiger partial charge in [0.15, 0.2) is 0 Å². The topological polar surface area (TPSA) is 0 Å². The van der Waals surface area contributed by atoms with E-state index in [1.165, 1.54) is 34.2 Å². The Kier molecular flexibility index (Phi) is 4.58. The summed E-state index contributed by atoms with van der Waals surface area (Å²) in [6.45, 7) is 4.48. The smallest absolute Gasteiger partial charge is 0.0184 e. The third-order valence-electron chi connectivity index (χ3n) is 4.36. The third-order valence-corrected chi connectivity index (χ3v) is 4.36. The Morgan fingerprint density at radius 2 is 1.45 bits per heavy atom. The Morgan fingerprint density at radius 3 is 2.00 bits per heavy atom. The largest absolute Gasteiger partial charge is 0.0808 e. The molecular weight excluding hydrogens is 264 g/mol. The summed E-state index contributed by atoms with van der Waals surface area (Å²) in [6, 6.07) is 17.9. The van der Waals surface area contributed by atoms with Crippen molar-refractivity contribution in [2.45, 2.75) is 33.1 Å². The maximum atomic E-state index is 2.35. The van der Waals surface area contributed by atoms with Crippen molar-refractivity contribution in [3.05, 3.63) is 77.9 Å². The first kappa shape index (κ1) is 14.8. The van der Waals surface area contributed by atoms with Crippen LogP contribution in [0, 0.1) is 5.92 Å². The van der Waals surface area contributed by atoms with E-state index in [4.69, 9.17) is 0 Å². The van der Waals surface area contributed by atoms with Crippen LogP contribution in [-0.2, 0) is 6.42 Å². The zero-order valence-electron chi connectivity index (χ0n) is 13.5. The molecule has 112 valence electrons. The second-order valence-electron chi connectivity index (χ2n) is 6.26. The van der Waals surface area contributed by atoms with Crippen molar-refractivity contribution in [3.63, 3.8) is 0 Å². The maximum absolute atomic E-state index is 2.35. The molecule has 0 saturated heterocycles. The molecule has 2 aromatic rings. The third kappa shape index (κ3) is 3.39. The van der Waals surface area contributed by atoms with E-state index >= 15 is 0 Å². The Hall–Kier alpha value is -2.08. The SMILES string of the molecule is CCCc1ccc(-c2ccc(C3=CCC(C)C=C3)cc2)cc1. The van der Waals surface area contributed by atoms with Crippen LogP contribution in [0.1, 0.15) is 37.8 Å². The second kappa shape index (κ2) is 6.79. The molecule has 0 nitrogen and oxygen atoms in total. The van der Waals surface area contributed by atoms with Crippen LogP contribution >= 0.6 is 0 Å². The number of benzene rings is 2. The molecule has 0 spiro atoms. The van der Waals surface area contributed by atoms with Gasteiger partial charge in [0.2, 0.25) is 0 Å². The first-order chi connectivity index (χ1) is 10.8. The highest BCUT2D eigenvalue weighted by molar-refractivity contribution is 5.76. The van der Waals surface area contributed by atoms with E-state index in [-0.39, 0.29) is 0 Å². The van der Waals surface area contributed by atoms with Crippen LogP contribution in [0.2, 0.25) is 0 Å². The standard InChI is InChI=1S/C22H24/c1-3-4-18-7-11-20(12-8-18)22-15-13-21(14-16-22)19-9-5-17(2)6-10-19/h5,7-17H,3-4,6H2,1-2H3. The Morgan fingerprint density at radius 1 is 0.864 bits per heavy atom. The molecule has 1 atom stereocenters. The molecule has 0 radical (unpaired) electrons. The molecule has 0 N–H and O–H groups in total. The van der Waals surface area contributed by atoms with Crippen molar-refractivity contribution < 1.29 is 0 Å². The van der Waals surface area contributed by atoms with Gasteiger partial charge >= 0.3 is 0 Å². The Balaban J connectivity index is 1.78. The lowest BCUT2D eigenvalue weighted by Crippen LogP contribution is -1.94. The van der Waals surface area contributed by atoms with Gasteiger partial charge in [0.1, 0.15) is 0 Å². The molecule has 0 amide bonds. The van der Waals surface area contributed by atoms with E-state index in [2.05, 4.69) is 80.6 Å². The van der Waals surface area contributed by atoms with Crippen LogP contribution in [0.5, 0.6) is 0 Å². The van der Waals surface area contributed by atoms with Gasteiger partial charge in [0, 0.05) is 0 Å². The van der Waals surface area contributed by atoms with Crippen LogP contribution in [0.3, 0.4) is 0 Å². The number of allylic oxidation sites excluding steroid dienone is 4. The van der Waals surface area contributed by atoms with Gasteiger partial charge in [0.05, 0.1) is 0 Å². The maximum Gasteiger partial charge on any atom is -0.0184 e. The fraction of sp³-hybridized carbons (Fsp3) is 0.273. The fourth-order valence-electron chi connectivity index (χ4n) is 2.95. The van der Waals surface area contributed by atoms with E-state index in [0.29, 0.717) is 5.92 Å². The predicted octanol–water partition coefficient (Wildman–Crippen LogP) is 6.29. The second-order valence-corrected chi connectivity index (χ2v) is 6.26.